The van der Waals surface area contributed by atoms with E-state index in [0.717, 1.165) is 19.6 Å². The molecule has 0 aromatic rings. The second-order valence-electron chi connectivity index (χ2n) is 4.40. The van der Waals surface area contributed by atoms with Crippen molar-refractivity contribution in [1.82, 2.24) is 4.90 Å². The van der Waals surface area contributed by atoms with Crippen molar-refractivity contribution < 1.29 is 9.53 Å². The molecule has 1 aliphatic rings. The number of carbonyl (C=O) groups excluding carboxylic acids is 1. The minimum absolute atomic E-state index is 0.104. The number of hydrogen-bond donors (Lipinski definition) is 1. The molecule has 1 rings (SSSR count). The highest BCUT2D eigenvalue weighted by molar-refractivity contribution is 7.81. The molecule has 1 atom stereocenters. The molecule has 4 heteroatoms. The first-order valence-corrected chi connectivity index (χ1v) is 5.55. The second-order valence-corrected chi connectivity index (χ2v) is 5.17. The van der Waals surface area contributed by atoms with Gasteiger partial charge < -0.3 is 9.64 Å². The van der Waals surface area contributed by atoms with Gasteiger partial charge in [-0.05, 0) is 27.2 Å². The molecule has 0 N–H and O–H groups in total. The molecule has 0 bridgehead atoms. The van der Waals surface area contributed by atoms with E-state index >= 15 is 0 Å². The van der Waals surface area contributed by atoms with Gasteiger partial charge in [0.05, 0.1) is 10.9 Å². The number of hydrogen-bond acceptors (Lipinski definition) is 3. The molecule has 14 heavy (non-hydrogen) atoms. The van der Waals surface area contributed by atoms with E-state index in [4.69, 9.17) is 4.74 Å². The lowest BCUT2D eigenvalue weighted by molar-refractivity contribution is -0.132. The average Bonchev–Trinajstić information content (AvgIpc) is 2.24. The Bertz CT molecular complexity index is 216. The molecule has 1 unspecified atom stereocenters. The molecule has 0 saturated carbocycles. The summed E-state index contributed by atoms with van der Waals surface area (Å²) < 4.78 is 5.63. The molecule has 1 saturated heterocycles. The molecule has 1 heterocycles. The molecule has 3 nitrogen and oxygen atoms in total. The summed E-state index contributed by atoms with van der Waals surface area (Å²) in [5.41, 5.74) is -0.227. The van der Waals surface area contributed by atoms with Crippen molar-refractivity contribution in [3.63, 3.8) is 0 Å². The Hall–Kier alpha value is -0.220. The molecular formula is C10H19NO2S. The number of amides is 1. The molecular weight excluding hydrogens is 198 g/mol. The normalized spacial score (nSPS) is 24.1. The fourth-order valence-electron chi connectivity index (χ4n) is 1.64. The van der Waals surface area contributed by atoms with Crippen LogP contribution in [0, 0.1) is 0 Å². The van der Waals surface area contributed by atoms with Crippen LogP contribution in [0.3, 0.4) is 0 Å². The van der Waals surface area contributed by atoms with Crippen LogP contribution < -0.4 is 0 Å². The van der Waals surface area contributed by atoms with Gasteiger partial charge in [0.2, 0.25) is 5.91 Å². The van der Waals surface area contributed by atoms with Crippen LogP contribution in [0.15, 0.2) is 0 Å². The molecule has 1 amide bonds. The summed E-state index contributed by atoms with van der Waals surface area (Å²) in [6, 6.07) is 0. The molecule has 0 aromatic carbocycles. The predicted molar refractivity (Wildman–Crippen MR) is 59.7 cm³/mol. The van der Waals surface area contributed by atoms with Gasteiger partial charge in [0.15, 0.2) is 0 Å². The number of carbonyl (C=O) groups is 1. The molecule has 0 spiro atoms. The number of rotatable bonds is 1. The zero-order valence-corrected chi connectivity index (χ0v) is 10.0. The van der Waals surface area contributed by atoms with Crippen LogP contribution in [-0.2, 0) is 9.53 Å². The van der Waals surface area contributed by atoms with Gasteiger partial charge in [-0.2, -0.15) is 12.6 Å². The van der Waals surface area contributed by atoms with Crippen molar-refractivity contribution in [2.45, 2.75) is 38.0 Å². The molecule has 0 aromatic heterocycles. The Balaban J connectivity index is 2.64. The highest BCUT2D eigenvalue weighted by Gasteiger charge is 2.29. The topological polar surface area (TPSA) is 29.5 Å². The number of thiol groups is 1. The lowest BCUT2D eigenvalue weighted by Crippen LogP contribution is -2.44. The average molecular weight is 217 g/mol. The zero-order chi connectivity index (χ0) is 10.8. The zero-order valence-electron chi connectivity index (χ0n) is 9.12. The van der Waals surface area contributed by atoms with E-state index in [1.54, 1.807) is 0 Å². The molecule has 0 radical (unpaired) electrons. The summed E-state index contributed by atoms with van der Waals surface area (Å²) in [5, 5.41) is -0.219. The Morgan fingerprint density at radius 1 is 1.57 bits per heavy atom. The van der Waals surface area contributed by atoms with Crippen LogP contribution in [-0.4, -0.2) is 41.4 Å². The van der Waals surface area contributed by atoms with E-state index in [2.05, 4.69) is 12.6 Å². The van der Waals surface area contributed by atoms with Gasteiger partial charge in [-0.3, -0.25) is 4.79 Å². The van der Waals surface area contributed by atoms with Crippen LogP contribution in [0.5, 0.6) is 0 Å². The monoisotopic (exact) mass is 217 g/mol. The smallest absolute Gasteiger partial charge is 0.235 e. The van der Waals surface area contributed by atoms with Gasteiger partial charge in [0, 0.05) is 19.7 Å². The van der Waals surface area contributed by atoms with E-state index in [1.807, 2.05) is 25.7 Å². The van der Waals surface area contributed by atoms with E-state index in [1.165, 1.54) is 0 Å². The van der Waals surface area contributed by atoms with Gasteiger partial charge in [-0.1, -0.05) is 0 Å². The Labute approximate surface area is 91.2 Å². The third-order valence-corrected chi connectivity index (χ3v) is 2.53. The van der Waals surface area contributed by atoms with Crippen LogP contribution in [0.4, 0.5) is 0 Å². The highest BCUT2D eigenvalue weighted by Crippen LogP contribution is 2.17. The number of ether oxygens (including phenoxy) is 1. The summed E-state index contributed by atoms with van der Waals surface area (Å²) in [5.74, 6) is 0.104. The predicted octanol–water partition coefficient (Wildman–Crippen LogP) is 1.33. The quantitative estimate of drug-likeness (QED) is 0.672. The van der Waals surface area contributed by atoms with Crippen molar-refractivity contribution in [2.24, 2.45) is 0 Å². The highest BCUT2D eigenvalue weighted by atomic mass is 32.1. The molecule has 1 fully saturated rings. The molecule has 82 valence electrons. The summed E-state index contributed by atoms with van der Waals surface area (Å²) in [6.45, 7) is 8.02. The first kappa shape index (κ1) is 11.9. The molecule has 1 aliphatic heterocycles. The SMILES string of the molecule is CC(S)C(=O)N1CCCOC(C)(C)C1. The largest absolute Gasteiger partial charge is 0.374 e. The van der Waals surface area contributed by atoms with Gasteiger partial charge in [0.25, 0.3) is 0 Å². The van der Waals surface area contributed by atoms with E-state index in [0.29, 0.717) is 6.54 Å². The third-order valence-electron chi connectivity index (χ3n) is 2.31. The second kappa shape index (κ2) is 4.53. The lowest BCUT2D eigenvalue weighted by atomic mass is 10.1. The minimum Gasteiger partial charge on any atom is -0.374 e. The van der Waals surface area contributed by atoms with Gasteiger partial charge in [0.1, 0.15) is 0 Å². The maximum Gasteiger partial charge on any atom is 0.235 e. The maximum atomic E-state index is 11.7. The Morgan fingerprint density at radius 2 is 2.21 bits per heavy atom. The molecule has 0 aliphatic carbocycles. The first-order valence-electron chi connectivity index (χ1n) is 5.03. The number of nitrogens with zero attached hydrogens (tertiary/aromatic N) is 1. The van der Waals surface area contributed by atoms with Crippen molar-refractivity contribution in [3.8, 4) is 0 Å². The van der Waals surface area contributed by atoms with Crippen LogP contribution in [0.2, 0.25) is 0 Å². The Kier molecular flexibility index (Phi) is 3.84. The van der Waals surface area contributed by atoms with Gasteiger partial charge >= 0.3 is 0 Å². The summed E-state index contributed by atoms with van der Waals surface area (Å²) in [4.78, 5) is 13.6. The summed E-state index contributed by atoms with van der Waals surface area (Å²) >= 11 is 4.16. The lowest BCUT2D eigenvalue weighted by Gasteiger charge is -2.29. The fraction of sp³-hybridized carbons (Fsp3) is 0.900. The Morgan fingerprint density at radius 3 is 2.79 bits per heavy atom. The van der Waals surface area contributed by atoms with Crippen LogP contribution in [0.1, 0.15) is 27.2 Å². The third kappa shape index (κ3) is 3.17. The minimum atomic E-state index is -0.227. The van der Waals surface area contributed by atoms with Crippen molar-refractivity contribution in [1.29, 1.82) is 0 Å². The fourth-order valence-corrected chi connectivity index (χ4v) is 1.80. The van der Waals surface area contributed by atoms with E-state index in [-0.39, 0.29) is 16.8 Å². The van der Waals surface area contributed by atoms with Crippen LogP contribution in [0.25, 0.3) is 0 Å². The van der Waals surface area contributed by atoms with Crippen molar-refractivity contribution in [3.05, 3.63) is 0 Å². The van der Waals surface area contributed by atoms with Crippen molar-refractivity contribution >= 4 is 18.5 Å². The standard InChI is InChI=1S/C10H19NO2S/c1-8(14)9(12)11-5-4-6-13-10(2,3)7-11/h8,14H,4-7H2,1-3H3. The van der Waals surface area contributed by atoms with Crippen LogP contribution >= 0.6 is 12.6 Å². The summed E-state index contributed by atoms with van der Waals surface area (Å²) in [7, 11) is 0. The maximum absolute atomic E-state index is 11.7. The van der Waals surface area contributed by atoms with Gasteiger partial charge in [-0.25, -0.2) is 0 Å². The van der Waals surface area contributed by atoms with E-state index in [9.17, 15) is 4.79 Å². The van der Waals surface area contributed by atoms with Gasteiger partial charge in [-0.15, -0.1) is 0 Å². The first-order chi connectivity index (χ1) is 6.42. The van der Waals surface area contributed by atoms with E-state index < -0.39 is 0 Å². The summed E-state index contributed by atoms with van der Waals surface area (Å²) in [6.07, 6.45) is 0.912. The van der Waals surface area contributed by atoms with Crippen molar-refractivity contribution in [2.75, 3.05) is 19.7 Å².